The van der Waals surface area contributed by atoms with E-state index in [9.17, 15) is 14.7 Å². The Hall–Kier alpha value is -2.06. The molecule has 1 amide bonds. The largest absolute Gasteiger partial charge is 0.508 e. The van der Waals surface area contributed by atoms with Crippen LogP contribution in [0.2, 0.25) is 0 Å². The molecule has 0 aromatic heterocycles. The fourth-order valence-corrected chi connectivity index (χ4v) is 3.75. The first-order chi connectivity index (χ1) is 13.1. The average Bonchev–Trinajstić information content (AvgIpc) is 2.63. The van der Waals surface area contributed by atoms with E-state index >= 15 is 0 Å². The van der Waals surface area contributed by atoms with Gasteiger partial charge in [0.05, 0.1) is 14.9 Å². The molecule has 1 unspecified atom stereocenters. The average molecular weight is 515 g/mol. The van der Waals surface area contributed by atoms with E-state index < -0.39 is 11.9 Å². The van der Waals surface area contributed by atoms with Gasteiger partial charge in [0.2, 0.25) is 0 Å². The van der Waals surface area contributed by atoms with Gasteiger partial charge in [-0.25, -0.2) is 0 Å². The van der Waals surface area contributed by atoms with E-state index in [1.54, 1.807) is 30.3 Å². The Balaban J connectivity index is 2.21. The Kier molecular flexibility index (Phi) is 7.48. The van der Waals surface area contributed by atoms with Gasteiger partial charge in [0.15, 0.2) is 5.75 Å². The lowest BCUT2D eigenvalue weighted by Crippen LogP contribution is -2.31. The third-order valence-corrected chi connectivity index (χ3v) is 5.27. The van der Waals surface area contributed by atoms with Crippen molar-refractivity contribution in [3.8, 4) is 17.2 Å². The minimum atomic E-state index is -0.971. The molecule has 6 nitrogen and oxygen atoms in total. The van der Waals surface area contributed by atoms with Crippen molar-refractivity contribution in [2.24, 2.45) is 5.92 Å². The van der Waals surface area contributed by atoms with Crippen LogP contribution in [0.3, 0.4) is 0 Å². The first-order valence-electron chi connectivity index (χ1n) is 8.61. The van der Waals surface area contributed by atoms with Gasteiger partial charge in [0.1, 0.15) is 11.5 Å². The second kappa shape index (κ2) is 9.43. The maximum atomic E-state index is 12.3. The van der Waals surface area contributed by atoms with Crippen LogP contribution >= 0.6 is 31.9 Å². The first-order valence-corrected chi connectivity index (χ1v) is 10.2. The summed E-state index contributed by atoms with van der Waals surface area (Å²) in [6.07, 6.45) is 0. The second-order valence-electron chi connectivity index (χ2n) is 6.70. The number of rotatable bonds is 7. The quantitative estimate of drug-likeness (QED) is 0.467. The topological polar surface area (TPSA) is 95.9 Å². The molecule has 0 bridgehead atoms. The molecule has 3 N–H and O–H groups in total. The van der Waals surface area contributed by atoms with Gasteiger partial charge in [-0.3, -0.25) is 9.59 Å². The number of halogens is 2. The summed E-state index contributed by atoms with van der Waals surface area (Å²) in [7, 11) is 0. The van der Waals surface area contributed by atoms with Crippen molar-refractivity contribution in [2.45, 2.75) is 26.7 Å². The van der Waals surface area contributed by atoms with Gasteiger partial charge in [-0.15, -0.1) is 0 Å². The lowest BCUT2D eigenvalue weighted by atomic mass is 10.0. The molecular formula is C20H21Br2NO5. The van der Waals surface area contributed by atoms with E-state index in [0.29, 0.717) is 26.0 Å². The van der Waals surface area contributed by atoms with Crippen LogP contribution in [-0.2, 0) is 4.79 Å². The normalized spacial score (nSPS) is 11.9. The van der Waals surface area contributed by atoms with Gasteiger partial charge in [-0.1, -0.05) is 20.8 Å². The summed E-state index contributed by atoms with van der Waals surface area (Å²) in [5, 5.41) is 21.4. The molecule has 0 aliphatic heterocycles. The number of aliphatic carboxylic acids is 1. The minimum absolute atomic E-state index is 0.0349. The van der Waals surface area contributed by atoms with Crippen LogP contribution in [0, 0.1) is 5.92 Å². The molecule has 0 aliphatic carbocycles. The van der Waals surface area contributed by atoms with E-state index in [2.05, 4.69) is 37.2 Å². The number of phenols is 1. The molecule has 2 aromatic carbocycles. The summed E-state index contributed by atoms with van der Waals surface area (Å²) in [5.41, 5.74) is 1.13. The van der Waals surface area contributed by atoms with Crippen LogP contribution in [0.5, 0.6) is 17.2 Å². The van der Waals surface area contributed by atoms with Crippen molar-refractivity contribution in [1.29, 1.82) is 0 Å². The van der Waals surface area contributed by atoms with Gasteiger partial charge < -0.3 is 20.3 Å². The van der Waals surface area contributed by atoms with Crippen LogP contribution in [-0.4, -0.2) is 28.6 Å². The van der Waals surface area contributed by atoms with Gasteiger partial charge in [-0.2, -0.15) is 0 Å². The Morgan fingerprint density at radius 2 is 1.71 bits per heavy atom. The van der Waals surface area contributed by atoms with Gasteiger partial charge >= 0.3 is 5.97 Å². The molecule has 8 heteroatoms. The molecule has 0 aliphatic rings. The molecule has 2 aromatic rings. The monoisotopic (exact) mass is 513 g/mol. The number of carboxylic acids is 1. The predicted molar refractivity (Wildman–Crippen MR) is 113 cm³/mol. The lowest BCUT2D eigenvalue weighted by molar-refractivity contribution is -0.140. The number of aromatic hydroxyl groups is 1. The highest BCUT2D eigenvalue weighted by Gasteiger charge is 2.17. The van der Waals surface area contributed by atoms with Gasteiger partial charge in [-0.05, 0) is 68.1 Å². The highest BCUT2D eigenvalue weighted by molar-refractivity contribution is 9.11. The number of hydrogen-bond donors (Lipinski definition) is 3. The fraction of sp³-hybridized carbons (Fsp3) is 0.300. The number of hydrogen-bond acceptors (Lipinski definition) is 4. The van der Waals surface area contributed by atoms with E-state index in [0.717, 1.165) is 5.56 Å². The van der Waals surface area contributed by atoms with Crippen LogP contribution in [0.1, 0.15) is 42.6 Å². The smallest absolute Gasteiger partial charge is 0.308 e. The number of carbonyl (C=O) groups is 2. The summed E-state index contributed by atoms with van der Waals surface area (Å²) < 4.78 is 7.04. The van der Waals surface area contributed by atoms with Crippen LogP contribution in [0.25, 0.3) is 0 Å². The SMILES string of the molecule is CC(CNC(=O)c1cc(Br)c(Oc2ccc(O)c(C(C)C)c2)c(Br)c1)C(=O)O. The highest BCUT2D eigenvalue weighted by atomic mass is 79.9. The van der Waals surface area contributed by atoms with Gasteiger partial charge in [0, 0.05) is 17.7 Å². The minimum Gasteiger partial charge on any atom is -0.508 e. The third-order valence-electron chi connectivity index (χ3n) is 4.09. The summed E-state index contributed by atoms with van der Waals surface area (Å²) in [4.78, 5) is 23.2. The molecule has 28 heavy (non-hydrogen) atoms. The number of benzene rings is 2. The lowest BCUT2D eigenvalue weighted by Gasteiger charge is -2.15. The molecule has 2 rings (SSSR count). The zero-order valence-electron chi connectivity index (χ0n) is 15.6. The summed E-state index contributed by atoms with van der Waals surface area (Å²) in [5.74, 6) is -0.652. The molecular weight excluding hydrogens is 494 g/mol. The van der Waals surface area contributed by atoms with Crippen molar-refractivity contribution in [2.75, 3.05) is 6.54 Å². The van der Waals surface area contributed by atoms with Crippen LogP contribution < -0.4 is 10.1 Å². The van der Waals surface area contributed by atoms with E-state index in [-0.39, 0.29) is 24.1 Å². The third kappa shape index (κ3) is 5.48. The predicted octanol–water partition coefficient (Wildman–Crippen LogP) is 5.28. The van der Waals surface area contributed by atoms with Crippen molar-refractivity contribution in [3.63, 3.8) is 0 Å². The molecule has 0 heterocycles. The molecule has 0 saturated carbocycles. The fourth-order valence-electron chi connectivity index (χ4n) is 2.40. The van der Waals surface area contributed by atoms with Crippen molar-refractivity contribution in [3.05, 3.63) is 50.4 Å². The molecule has 0 spiro atoms. The number of amides is 1. The number of nitrogens with one attached hydrogen (secondary N) is 1. The molecule has 0 fully saturated rings. The maximum Gasteiger partial charge on any atom is 0.308 e. The number of ether oxygens (including phenoxy) is 1. The van der Waals surface area contributed by atoms with E-state index in [1.807, 2.05) is 13.8 Å². The zero-order valence-corrected chi connectivity index (χ0v) is 18.8. The molecule has 0 radical (unpaired) electrons. The Morgan fingerprint density at radius 1 is 1.11 bits per heavy atom. The van der Waals surface area contributed by atoms with Crippen LogP contribution in [0.15, 0.2) is 39.3 Å². The Bertz CT molecular complexity index is 875. The number of carbonyl (C=O) groups excluding carboxylic acids is 1. The molecule has 0 saturated heterocycles. The first kappa shape index (κ1) is 22.2. The van der Waals surface area contributed by atoms with Crippen molar-refractivity contribution >= 4 is 43.7 Å². The van der Waals surface area contributed by atoms with Crippen molar-refractivity contribution in [1.82, 2.24) is 5.32 Å². The second-order valence-corrected chi connectivity index (χ2v) is 8.40. The Labute approximate surface area is 180 Å². The summed E-state index contributed by atoms with van der Waals surface area (Å²) >= 11 is 6.82. The van der Waals surface area contributed by atoms with E-state index in [1.165, 1.54) is 6.92 Å². The standard InChI is InChI=1S/C20H21Br2NO5/c1-10(2)14-8-13(4-5-17(14)24)28-18-15(21)6-12(7-16(18)22)19(25)23-9-11(3)20(26)27/h4-8,10-11,24H,9H2,1-3H3,(H,23,25)(H,26,27). The van der Waals surface area contributed by atoms with E-state index in [4.69, 9.17) is 9.84 Å². The number of carboxylic acid groups (broad SMARTS) is 1. The summed E-state index contributed by atoms with van der Waals surface area (Å²) in [6, 6.07) is 8.22. The molecule has 150 valence electrons. The highest BCUT2D eigenvalue weighted by Crippen LogP contribution is 2.39. The van der Waals surface area contributed by atoms with Gasteiger partial charge in [0.25, 0.3) is 5.91 Å². The zero-order chi connectivity index (χ0) is 21.0. The summed E-state index contributed by atoms with van der Waals surface area (Å²) in [6.45, 7) is 5.51. The molecule has 1 atom stereocenters. The number of phenolic OH excluding ortho intramolecular Hbond substituents is 1. The Morgan fingerprint density at radius 3 is 2.25 bits per heavy atom. The van der Waals surface area contributed by atoms with Crippen LogP contribution in [0.4, 0.5) is 0 Å². The maximum absolute atomic E-state index is 12.3. The van der Waals surface area contributed by atoms with Crippen molar-refractivity contribution < 1.29 is 24.5 Å².